The molecule has 1 aromatic carbocycles. The highest BCUT2D eigenvalue weighted by Gasteiger charge is 2.18. The molecule has 0 amide bonds. The molecular weight excluding hydrogens is 334 g/mol. The summed E-state index contributed by atoms with van der Waals surface area (Å²) in [5.41, 5.74) is 0.833. The van der Waals surface area contributed by atoms with Gasteiger partial charge in [0.15, 0.2) is 15.7 Å². The maximum Gasteiger partial charge on any atom is 0.269 e. The van der Waals surface area contributed by atoms with Crippen molar-refractivity contribution in [2.75, 3.05) is 5.75 Å². The molecule has 3 rings (SSSR count). The molecule has 2 aromatic heterocycles. The van der Waals surface area contributed by atoms with E-state index in [4.69, 9.17) is 4.52 Å². The number of rotatable bonds is 5. The lowest BCUT2D eigenvalue weighted by molar-refractivity contribution is 0.424. The van der Waals surface area contributed by atoms with Crippen LogP contribution in [0.4, 0.5) is 0 Å². The normalized spacial score (nSPS) is 11.7. The van der Waals surface area contributed by atoms with Crippen LogP contribution >= 0.6 is 11.3 Å². The van der Waals surface area contributed by atoms with Crippen LogP contribution in [-0.4, -0.2) is 29.3 Å². The van der Waals surface area contributed by atoms with E-state index < -0.39 is 9.84 Å². The highest BCUT2D eigenvalue weighted by atomic mass is 32.2. The SMILES string of the molecule is Cc1nc(C)c(-c2nc(CCS(=O)(=O)c3ccccc3)no2)s1. The van der Waals surface area contributed by atoms with Crippen molar-refractivity contribution in [3.63, 3.8) is 0 Å². The Hall–Kier alpha value is -2.06. The van der Waals surface area contributed by atoms with E-state index in [0.29, 0.717) is 16.6 Å². The van der Waals surface area contributed by atoms with Gasteiger partial charge in [-0.2, -0.15) is 4.98 Å². The third-order valence-electron chi connectivity index (χ3n) is 3.26. The van der Waals surface area contributed by atoms with Gasteiger partial charge in [0, 0.05) is 6.42 Å². The van der Waals surface area contributed by atoms with Crippen LogP contribution in [0.5, 0.6) is 0 Å². The van der Waals surface area contributed by atoms with Gasteiger partial charge in [-0.05, 0) is 26.0 Å². The summed E-state index contributed by atoms with van der Waals surface area (Å²) >= 11 is 1.48. The largest absolute Gasteiger partial charge is 0.333 e. The summed E-state index contributed by atoms with van der Waals surface area (Å²) < 4.78 is 29.7. The maximum atomic E-state index is 12.2. The van der Waals surface area contributed by atoms with Crippen LogP contribution in [0, 0.1) is 13.8 Å². The highest BCUT2D eigenvalue weighted by molar-refractivity contribution is 7.91. The predicted octanol–water partition coefficient (Wildman–Crippen LogP) is 2.83. The lowest BCUT2D eigenvalue weighted by atomic mass is 10.4. The number of benzene rings is 1. The van der Waals surface area contributed by atoms with Crippen LogP contribution in [0.3, 0.4) is 0 Å². The molecule has 0 bridgehead atoms. The van der Waals surface area contributed by atoms with Crippen LogP contribution in [-0.2, 0) is 16.3 Å². The first-order chi connectivity index (χ1) is 11.0. The monoisotopic (exact) mass is 349 g/mol. The minimum Gasteiger partial charge on any atom is -0.333 e. The van der Waals surface area contributed by atoms with E-state index in [1.54, 1.807) is 30.3 Å². The van der Waals surface area contributed by atoms with Gasteiger partial charge in [0.25, 0.3) is 5.89 Å². The van der Waals surface area contributed by atoms with Gasteiger partial charge in [0.05, 0.1) is 21.3 Å². The molecular formula is C15H15N3O3S2. The average Bonchev–Trinajstić information content (AvgIpc) is 3.12. The molecule has 0 unspecified atom stereocenters. The zero-order valence-electron chi connectivity index (χ0n) is 12.7. The summed E-state index contributed by atoms with van der Waals surface area (Å²) in [6.45, 7) is 3.79. The van der Waals surface area contributed by atoms with Gasteiger partial charge < -0.3 is 4.52 Å². The number of hydrogen-bond acceptors (Lipinski definition) is 7. The fraction of sp³-hybridized carbons (Fsp3) is 0.267. The Morgan fingerprint density at radius 2 is 1.87 bits per heavy atom. The summed E-state index contributed by atoms with van der Waals surface area (Å²) in [7, 11) is -3.35. The van der Waals surface area contributed by atoms with Crippen LogP contribution in [0.1, 0.15) is 16.5 Å². The van der Waals surface area contributed by atoms with Gasteiger partial charge in [-0.3, -0.25) is 0 Å². The van der Waals surface area contributed by atoms with E-state index in [0.717, 1.165) is 15.6 Å². The van der Waals surface area contributed by atoms with Crippen LogP contribution < -0.4 is 0 Å². The van der Waals surface area contributed by atoms with Crippen molar-refractivity contribution in [2.24, 2.45) is 0 Å². The number of hydrogen-bond donors (Lipinski definition) is 0. The van der Waals surface area contributed by atoms with Crippen molar-refractivity contribution in [2.45, 2.75) is 25.2 Å². The number of nitrogens with zero attached hydrogens (tertiary/aromatic N) is 3. The number of thiazole rings is 1. The zero-order valence-corrected chi connectivity index (χ0v) is 14.3. The maximum absolute atomic E-state index is 12.2. The van der Waals surface area contributed by atoms with Gasteiger partial charge in [-0.25, -0.2) is 13.4 Å². The lowest BCUT2D eigenvalue weighted by Gasteiger charge is -2.01. The minimum absolute atomic E-state index is 0.0588. The summed E-state index contributed by atoms with van der Waals surface area (Å²) in [5, 5.41) is 4.79. The molecule has 0 aliphatic heterocycles. The molecule has 0 atom stereocenters. The molecule has 6 nitrogen and oxygen atoms in total. The third kappa shape index (κ3) is 3.48. The molecule has 23 heavy (non-hydrogen) atoms. The Morgan fingerprint density at radius 1 is 1.13 bits per heavy atom. The van der Waals surface area contributed by atoms with Crippen LogP contribution in [0.15, 0.2) is 39.8 Å². The van der Waals surface area contributed by atoms with E-state index >= 15 is 0 Å². The Labute approximate surface area is 138 Å². The Bertz CT molecular complexity index is 915. The Morgan fingerprint density at radius 3 is 2.52 bits per heavy atom. The Kier molecular flexibility index (Phi) is 4.27. The van der Waals surface area contributed by atoms with Gasteiger partial charge in [0.1, 0.15) is 4.88 Å². The van der Waals surface area contributed by atoms with Gasteiger partial charge in [-0.15, -0.1) is 11.3 Å². The first-order valence-electron chi connectivity index (χ1n) is 7.00. The smallest absolute Gasteiger partial charge is 0.269 e. The quantitative estimate of drug-likeness (QED) is 0.704. The second-order valence-electron chi connectivity index (χ2n) is 5.05. The van der Waals surface area contributed by atoms with E-state index in [2.05, 4.69) is 15.1 Å². The molecule has 0 N–H and O–H groups in total. The van der Waals surface area contributed by atoms with Crippen molar-refractivity contribution in [3.05, 3.63) is 46.9 Å². The van der Waals surface area contributed by atoms with Crippen molar-refractivity contribution in [3.8, 4) is 10.8 Å². The summed E-state index contributed by atoms with van der Waals surface area (Å²) in [6.07, 6.45) is 0.206. The first kappa shape index (κ1) is 15.8. The van der Waals surface area contributed by atoms with Crippen molar-refractivity contribution < 1.29 is 12.9 Å². The molecule has 120 valence electrons. The molecule has 0 aliphatic carbocycles. The lowest BCUT2D eigenvalue weighted by Crippen LogP contribution is -2.09. The molecule has 0 saturated carbocycles. The second kappa shape index (κ2) is 6.21. The highest BCUT2D eigenvalue weighted by Crippen LogP contribution is 2.28. The van der Waals surface area contributed by atoms with Crippen LogP contribution in [0.2, 0.25) is 0 Å². The molecule has 0 radical (unpaired) electrons. The minimum atomic E-state index is -3.35. The van der Waals surface area contributed by atoms with E-state index in [-0.39, 0.29) is 12.2 Å². The summed E-state index contributed by atoms with van der Waals surface area (Å²) in [4.78, 5) is 9.73. The Balaban J connectivity index is 1.74. The fourth-order valence-corrected chi connectivity index (χ4v) is 4.25. The van der Waals surface area contributed by atoms with Crippen molar-refractivity contribution in [1.82, 2.24) is 15.1 Å². The standard InChI is InChI=1S/C15H15N3O3S2/c1-10-14(22-11(2)16-10)15-17-13(18-21-15)8-9-23(19,20)12-6-4-3-5-7-12/h3-7H,8-9H2,1-2H3. The third-order valence-corrected chi connectivity index (χ3v) is 6.06. The van der Waals surface area contributed by atoms with Gasteiger partial charge in [0.2, 0.25) is 0 Å². The second-order valence-corrected chi connectivity index (χ2v) is 8.36. The topological polar surface area (TPSA) is 86.0 Å². The average molecular weight is 349 g/mol. The van der Waals surface area contributed by atoms with E-state index in [9.17, 15) is 8.42 Å². The zero-order chi connectivity index (χ0) is 16.4. The number of aromatic nitrogens is 3. The molecule has 0 fully saturated rings. The molecule has 0 spiro atoms. The van der Waals surface area contributed by atoms with Crippen LogP contribution in [0.25, 0.3) is 10.8 Å². The molecule has 8 heteroatoms. The van der Waals surface area contributed by atoms with E-state index in [1.807, 2.05) is 13.8 Å². The molecule has 0 aliphatic rings. The summed E-state index contributed by atoms with van der Waals surface area (Å²) in [6, 6.07) is 8.35. The van der Waals surface area contributed by atoms with Crippen molar-refractivity contribution in [1.29, 1.82) is 0 Å². The number of aryl methyl sites for hydroxylation is 3. The molecule has 2 heterocycles. The summed E-state index contributed by atoms with van der Waals surface area (Å²) in [5.74, 6) is 0.710. The van der Waals surface area contributed by atoms with Crippen molar-refractivity contribution >= 4 is 21.2 Å². The molecule has 0 saturated heterocycles. The van der Waals surface area contributed by atoms with E-state index in [1.165, 1.54) is 11.3 Å². The first-order valence-corrected chi connectivity index (χ1v) is 9.47. The molecule has 3 aromatic rings. The van der Waals surface area contributed by atoms with Gasteiger partial charge in [-0.1, -0.05) is 23.4 Å². The fourth-order valence-electron chi connectivity index (χ4n) is 2.15. The predicted molar refractivity (Wildman–Crippen MR) is 87.1 cm³/mol. The number of sulfone groups is 1. The van der Waals surface area contributed by atoms with Gasteiger partial charge >= 0.3 is 0 Å².